The zero-order valence-corrected chi connectivity index (χ0v) is 11.7. The molecule has 0 aromatic heterocycles. The third kappa shape index (κ3) is 3.46. The van der Waals surface area contributed by atoms with Gasteiger partial charge < -0.3 is 19.7 Å². The first-order chi connectivity index (χ1) is 8.97. The van der Waals surface area contributed by atoms with Gasteiger partial charge in [-0.05, 0) is 44.4 Å². The first-order valence-electron chi connectivity index (χ1n) is 6.99. The molecule has 0 aromatic carbocycles. The van der Waals surface area contributed by atoms with E-state index in [1.54, 1.807) is 7.11 Å². The summed E-state index contributed by atoms with van der Waals surface area (Å²) in [4.78, 5) is 11.5. The number of ether oxygens (including phenoxy) is 2. The van der Waals surface area contributed by atoms with E-state index in [0.29, 0.717) is 24.9 Å². The monoisotopic (exact) mass is 272 g/mol. The van der Waals surface area contributed by atoms with E-state index in [9.17, 15) is 15.0 Å². The maximum absolute atomic E-state index is 11.5. The molecule has 2 fully saturated rings. The summed E-state index contributed by atoms with van der Waals surface area (Å²) in [5.41, 5.74) is -0.721. The molecule has 0 aromatic rings. The number of carbonyl (C=O) groups is 1. The van der Waals surface area contributed by atoms with E-state index in [2.05, 4.69) is 0 Å². The van der Waals surface area contributed by atoms with E-state index in [1.807, 2.05) is 6.92 Å². The number of methoxy groups -OCH3 is 1. The van der Waals surface area contributed by atoms with Crippen LogP contribution in [0.15, 0.2) is 0 Å². The molecule has 0 bridgehead atoms. The Bertz CT molecular complexity index is 320. The fourth-order valence-corrected chi connectivity index (χ4v) is 3.39. The molecule has 0 heterocycles. The van der Waals surface area contributed by atoms with Crippen molar-refractivity contribution in [3.63, 3.8) is 0 Å². The van der Waals surface area contributed by atoms with Crippen molar-refractivity contribution in [1.29, 1.82) is 0 Å². The lowest BCUT2D eigenvalue weighted by Gasteiger charge is -2.28. The van der Waals surface area contributed by atoms with E-state index >= 15 is 0 Å². The summed E-state index contributed by atoms with van der Waals surface area (Å²) in [6, 6.07) is 0. The Morgan fingerprint density at radius 2 is 2.00 bits per heavy atom. The standard InChI is InChI=1S/C14H24O5/c1-9(7-18-2)19-8-12(15)6-14(13(16)17)4-10-3-11(10)5-14/h9-12,15H,3-8H2,1-2H3,(H,16,17). The minimum atomic E-state index is -0.760. The van der Waals surface area contributed by atoms with Gasteiger partial charge in [0, 0.05) is 7.11 Å². The summed E-state index contributed by atoms with van der Waals surface area (Å²) in [6.45, 7) is 2.52. The molecule has 2 aliphatic carbocycles. The van der Waals surface area contributed by atoms with Crippen LogP contribution in [0.3, 0.4) is 0 Å². The van der Waals surface area contributed by atoms with Crippen LogP contribution >= 0.6 is 0 Å². The van der Waals surface area contributed by atoms with Crippen molar-refractivity contribution in [2.24, 2.45) is 17.3 Å². The second-order valence-electron chi connectivity index (χ2n) is 6.21. The van der Waals surface area contributed by atoms with Gasteiger partial charge in [0.25, 0.3) is 0 Å². The molecule has 5 nitrogen and oxygen atoms in total. The Balaban J connectivity index is 1.79. The van der Waals surface area contributed by atoms with Crippen LogP contribution in [-0.4, -0.2) is 48.7 Å². The largest absolute Gasteiger partial charge is 0.481 e. The van der Waals surface area contributed by atoms with Gasteiger partial charge in [-0.25, -0.2) is 0 Å². The topological polar surface area (TPSA) is 76.0 Å². The van der Waals surface area contributed by atoms with Gasteiger partial charge in [-0.15, -0.1) is 0 Å². The number of carboxylic acids is 1. The minimum Gasteiger partial charge on any atom is -0.481 e. The molecule has 4 unspecified atom stereocenters. The fraction of sp³-hybridized carbons (Fsp3) is 0.929. The predicted molar refractivity (Wildman–Crippen MR) is 68.8 cm³/mol. The molecule has 110 valence electrons. The van der Waals surface area contributed by atoms with Gasteiger partial charge in [0.1, 0.15) is 0 Å². The van der Waals surface area contributed by atoms with E-state index in [1.165, 1.54) is 6.42 Å². The summed E-state index contributed by atoms with van der Waals surface area (Å²) in [6.07, 6.45) is 2.11. The van der Waals surface area contributed by atoms with E-state index in [0.717, 1.165) is 12.8 Å². The highest BCUT2D eigenvalue weighted by molar-refractivity contribution is 5.75. The molecule has 0 amide bonds. The van der Waals surface area contributed by atoms with Gasteiger partial charge in [-0.1, -0.05) is 0 Å². The van der Waals surface area contributed by atoms with Gasteiger partial charge in [-0.3, -0.25) is 4.79 Å². The number of hydrogen-bond donors (Lipinski definition) is 2. The highest BCUT2D eigenvalue weighted by atomic mass is 16.5. The van der Waals surface area contributed by atoms with Gasteiger partial charge in [0.2, 0.25) is 0 Å². The summed E-state index contributed by atoms with van der Waals surface area (Å²) < 4.78 is 10.4. The maximum atomic E-state index is 11.5. The zero-order chi connectivity index (χ0) is 14.0. The number of rotatable bonds is 8. The van der Waals surface area contributed by atoms with Crippen LogP contribution in [0.5, 0.6) is 0 Å². The van der Waals surface area contributed by atoms with Crippen molar-refractivity contribution >= 4 is 5.97 Å². The molecular weight excluding hydrogens is 248 g/mol. The van der Waals surface area contributed by atoms with Crippen molar-refractivity contribution in [3.8, 4) is 0 Å². The van der Waals surface area contributed by atoms with Gasteiger partial charge in [0.15, 0.2) is 0 Å². The predicted octanol–water partition coefficient (Wildman–Crippen LogP) is 1.29. The number of aliphatic carboxylic acids is 1. The van der Waals surface area contributed by atoms with Crippen LogP contribution in [0.2, 0.25) is 0 Å². The van der Waals surface area contributed by atoms with Crippen LogP contribution in [0.25, 0.3) is 0 Å². The third-order valence-electron chi connectivity index (χ3n) is 4.43. The molecule has 19 heavy (non-hydrogen) atoms. The molecule has 0 aliphatic heterocycles. The van der Waals surface area contributed by atoms with Crippen LogP contribution in [0.1, 0.15) is 32.6 Å². The number of aliphatic hydroxyl groups excluding tert-OH is 1. The second kappa shape index (κ2) is 5.77. The number of aliphatic hydroxyl groups is 1. The molecule has 2 N–H and O–H groups in total. The normalized spacial score (nSPS) is 35.7. The fourth-order valence-electron chi connectivity index (χ4n) is 3.39. The van der Waals surface area contributed by atoms with Crippen LogP contribution in [0.4, 0.5) is 0 Å². The summed E-state index contributed by atoms with van der Waals surface area (Å²) in [7, 11) is 1.60. The molecular formula is C14H24O5. The second-order valence-corrected chi connectivity index (χ2v) is 6.21. The Labute approximate surface area is 113 Å². The van der Waals surface area contributed by atoms with E-state index < -0.39 is 17.5 Å². The summed E-state index contributed by atoms with van der Waals surface area (Å²) >= 11 is 0. The molecule has 0 radical (unpaired) electrons. The Kier molecular flexibility index (Phi) is 4.48. The van der Waals surface area contributed by atoms with Crippen LogP contribution in [0, 0.1) is 17.3 Å². The highest BCUT2D eigenvalue weighted by Gasteiger charge is 2.57. The van der Waals surface area contributed by atoms with Gasteiger partial charge >= 0.3 is 5.97 Å². The van der Waals surface area contributed by atoms with Gasteiger partial charge in [0.05, 0.1) is 30.8 Å². The molecule has 2 saturated carbocycles. The SMILES string of the molecule is COCC(C)OCC(O)CC1(C(=O)O)CC2CC2C1. The maximum Gasteiger partial charge on any atom is 0.309 e. The Morgan fingerprint density at radius 3 is 2.53 bits per heavy atom. The summed E-state index contributed by atoms with van der Waals surface area (Å²) in [5.74, 6) is 0.400. The Hall–Kier alpha value is -0.650. The van der Waals surface area contributed by atoms with E-state index in [-0.39, 0.29) is 12.7 Å². The third-order valence-corrected chi connectivity index (χ3v) is 4.43. The molecule has 2 rings (SSSR count). The average Bonchev–Trinajstić information content (AvgIpc) is 2.95. The Morgan fingerprint density at radius 1 is 1.37 bits per heavy atom. The van der Waals surface area contributed by atoms with Crippen molar-refractivity contribution in [2.75, 3.05) is 20.3 Å². The lowest BCUT2D eigenvalue weighted by atomic mass is 9.78. The average molecular weight is 272 g/mol. The minimum absolute atomic E-state index is 0.0857. The smallest absolute Gasteiger partial charge is 0.309 e. The lowest BCUT2D eigenvalue weighted by Crippen LogP contribution is -2.36. The molecule has 0 saturated heterocycles. The lowest BCUT2D eigenvalue weighted by molar-refractivity contribution is -0.152. The van der Waals surface area contributed by atoms with Crippen LogP contribution in [-0.2, 0) is 14.3 Å². The molecule has 4 atom stereocenters. The van der Waals surface area contributed by atoms with Crippen molar-refractivity contribution in [2.45, 2.75) is 44.8 Å². The first-order valence-corrected chi connectivity index (χ1v) is 6.99. The molecule has 5 heteroatoms. The number of fused-ring (bicyclic) bond motifs is 1. The molecule has 2 aliphatic rings. The van der Waals surface area contributed by atoms with Gasteiger partial charge in [-0.2, -0.15) is 0 Å². The van der Waals surface area contributed by atoms with E-state index in [4.69, 9.17) is 9.47 Å². The quantitative estimate of drug-likeness (QED) is 0.696. The first kappa shape index (κ1) is 14.8. The number of hydrogen-bond acceptors (Lipinski definition) is 4. The number of carboxylic acid groups (broad SMARTS) is 1. The van der Waals surface area contributed by atoms with Crippen molar-refractivity contribution in [3.05, 3.63) is 0 Å². The highest BCUT2D eigenvalue weighted by Crippen LogP contribution is 2.61. The van der Waals surface area contributed by atoms with Crippen molar-refractivity contribution in [1.82, 2.24) is 0 Å². The molecule has 0 spiro atoms. The van der Waals surface area contributed by atoms with Crippen LogP contribution < -0.4 is 0 Å². The van der Waals surface area contributed by atoms with Crippen molar-refractivity contribution < 1.29 is 24.5 Å². The summed E-state index contributed by atoms with van der Waals surface area (Å²) in [5, 5.41) is 19.5. The zero-order valence-electron chi connectivity index (χ0n) is 11.7.